The lowest BCUT2D eigenvalue weighted by Gasteiger charge is -2.32. The first-order valence-electron chi connectivity index (χ1n) is 6.62. The van der Waals surface area contributed by atoms with Gasteiger partial charge in [-0.3, -0.25) is 0 Å². The fourth-order valence-electron chi connectivity index (χ4n) is 2.41. The number of hydrogen-bond acceptors (Lipinski definition) is 3. The molecule has 0 amide bonds. The van der Waals surface area contributed by atoms with E-state index in [4.69, 9.17) is 11.6 Å². The molecule has 20 heavy (non-hydrogen) atoms. The third kappa shape index (κ3) is 3.95. The van der Waals surface area contributed by atoms with E-state index < -0.39 is 10.0 Å². The number of hydrogen-bond donors (Lipinski definition) is 1. The minimum Gasteiger partial charge on any atom is -0.302 e. The van der Waals surface area contributed by atoms with E-state index in [9.17, 15) is 8.42 Å². The van der Waals surface area contributed by atoms with Crippen LogP contribution in [-0.4, -0.2) is 39.0 Å². The highest BCUT2D eigenvalue weighted by Crippen LogP contribution is 2.25. The van der Waals surface area contributed by atoms with Gasteiger partial charge in [-0.1, -0.05) is 34.5 Å². The van der Waals surface area contributed by atoms with E-state index in [-0.39, 0.29) is 16.0 Å². The Balaban J connectivity index is 2.14. The van der Waals surface area contributed by atoms with E-state index in [0.29, 0.717) is 0 Å². The molecule has 0 radical (unpaired) electrons. The van der Waals surface area contributed by atoms with Gasteiger partial charge in [-0.2, -0.15) is 0 Å². The van der Waals surface area contributed by atoms with E-state index >= 15 is 0 Å². The second kappa shape index (κ2) is 6.75. The van der Waals surface area contributed by atoms with Crippen molar-refractivity contribution in [3.8, 4) is 0 Å². The Morgan fingerprint density at radius 2 is 2.25 bits per heavy atom. The summed E-state index contributed by atoms with van der Waals surface area (Å²) in [6, 6.07) is 4.75. The van der Waals surface area contributed by atoms with Crippen LogP contribution >= 0.6 is 27.5 Å². The number of piperidine rings is 1. The third-order valence-corrected chi connectivity index (χ3v) is 5.95. The van der Waals surface area contributed by atoms with Crippen LogP contribution in [0, 0.1) is 0 Å². The van der Waals surface area contributed by atoms with Crippen LogP contribution in [0.15, 0.2) is 27.6 Å². The average molecular weight is 382 g/mol. The molecule has 0 bridgehead atoms. The second-order valence-corrected chi connectivity index (χ2v) is 7.93. The monoisotopic (exact) mass is 380 g/mol. The van der Waals surface area contributed by atoms with E-state index in [1.54, 1.807) is 12.1 Å². The van der Waals surface area contributed by atoms with Gasteiger partial charge in [0.25, 0.3) is 0 Å². The van der Waals surface area contributed by atoms with Gasteiger partial charge in [0.15, 0.2) is 0 Å². The number of benzene rings is 1. The molecule has 1 aromatic carbocycles. The minimum absolute atomic E-state index is 0.0478. The van der Waals surface area contributed by atoms with Gasteiger partial charge in [-0.25, -0.2) is 13.1 Å². The second-order valence-electron chi connectivity index (χ2n) is 4.93. The van der Waals surface area contributed by atoms with Crippen molar-refractivity contribution in [3.05, 3.63) is 27.7 Å². The molecular formula is C13H18BrClN2O2S. The van der Waals surface area contributed by atoms with Crippen LogP contribution in [-0.2, 0) is 10.0 Å². The molecule has 1 unspecified atom stereocenters. The molecule has 0 saturated carbocycles. The normalized spacial score (nSPS) is 21.1. The zero-order valence-electron chi connectivity index (χ0n) is 11.3. The summed E-state index contributed by atoms with van der Waals surface area (Å²) in [6.45, 7) is 4.82. The van der Waals surface area contributed by atoms with E-state index in [2.05, 4.69) is 32.5 Å². The Labute approximate surface area is 133 Å². The van der Waals surface area contributed by atoms with Crippen LogP contribution < -0.4 is 4.72 Å². The average Bonchev–Trinajstić information content (AvgIpc) is 2.37. The third-order valence-electron chi connectivity index (χ3n) is 3.46. The van der Waals surface area contributed by atoms with Crippen molar-refractivity contribution in [2.24, 2.45) is 0 Å². The summed E-state index contributed by atoms with van der Waals surface area (Å²) in [5.41, 5.74) is 0. The van der Waals surface area contributed by atoms with Crippen molar-refractivity contribution in [3.63, 3.8) is 0 Å². The van der Waals surface area contributed by atoms with Gasteiger partial charge in [0.1, 0.15) is 4.90 Å². The minimum atomic E-state index is -3.57. The predicted molar refractivity (Wildman–Crippen MR) is 84.6 cm³/mol. The van der Waals surface area contributed by atoms with Gasteiger partial charge in [0, 0.05) is 17.1 Å². The topological polar surface area (TPSA) is 49.4 Å². The molecule has 7 heteroatoms. The zero-order valence-corrected chi connectivity index (χ0v) is 14.4. The molecule has 0 aliphatic carbocycles. The quantitative estimate of drug-likeness (QED) is 0.872. The Bertz CT molecular complexity index is 580. The van der Waals surface area contributed by atoms with Crippen LogP contribution in [0.1, 0.15) is 19.8 Å². The molecule has 1 N–H and O–H groups in total. The molecule has 4 nitrogen and oxygen atoms in total. The van der Waals surface area contributed by atoms with E-state index in [1.165, 1.54) is 6.07 Å². The van der Waals surface area contributed by atoms with Gasteiger partial charge in [-0.15, -0.1) is 0 Å². The molecule has 1 saturated heterocycles. The molecule has 1 aliphatic rings. The summed E-state index contributed by atoms with van der Waals surface area (Å²) in [4.78, 5) is 2.39. The van der Waals surface area contributed by atoms with Crippen LogP contribution in [0.4, 0.5) is 0 Å². The largest absolute Gasteiger partial charge is 0.302 e. The summed E-state index contributed by atoms with van der Waals surface area (Å²) in [7, 11) is -3.57. The van der Waals surface area contributed by atoms with E-state index in [1.807, 2.05) is 0 Å². The number of halogens is 2. The summed E-state index contributed by atoms with van der Waals surface area (Å²) < 4.78 is 28.3. The highest BCUT2D eigenvalue weighted by Gasteiger charge is 2.26. The maximum Gasteiger partial charge on any atom is 0.242 e. The lowest BCUT2D eigenvalue weighted by atomic mass is 10.1. The summed E-state index contributed by atoms with van der Waals surface area (Å²) >= 11 is 9.30. The fraction of sp³-hybridized carbons (Fsp3) is 0.538. The van der Waals surface area contributed by atoms with Crippen molar-refractivity contribution in [1.29, 1.82) is 0 Å². The molecule has 1 atom stereocenters. The van der Waals surface area contributed by atoms with E-state index in [0.717, 1.165) is 36.9 Å². The molecule has 1 aliphatic heterocycles. The number of sulfonamides is 1. The molecule has 0 aromatic heterocycles. The molecular weight excluding hydrogens is 364 g/mol. The van der Waals surface area contributed by atoms with Crippen molar-refractivity contribution in [2.45, 2.75) is 30.7 Å². The zero-order chi connectivity index (χ0) is 14.8. The first kappa shape index (κ1) is 16.2. The lowest BCUT2D eigenvalue weighted by Crippen LogP contribution is -2.47. The fourth-order valence-corrected chi connectivity index (χ4v) is 4.71. The highest BCUT2D eigenvalue weighted by molar-refractivity contribution is 9.10. The Morgan fingerprint density at radius 3 is 2.90 bits per heavy atom. The van der Waals surface area contributed by atoms with Crippen LogP contribution in [0.3, 0.4) is 0 Å². The van der Waals surface area contributed by atoms with Crippen molar-refractivity contribution in [2.75, 3.05) is 19.6 Å². The Morgan fingerprint density at radius 1 is 1.50 bits per heavy atom. The van der Waals surface area contributed by atoms with Gasteiger partial charge >= 0.3 is 0 Å². The SMILES string of the molecule is CCN1CCCC(NS(=O)(=O)c2ccc(Br)cc2Cl)C1. The predicted octanol–water partition coefficient (Wildman–Crippen LogP) is 2.87. The van der Waals surface area contributed by atoms with Gasteiger partial charge in [0.2, 0.25) is 10.0 Å². The number of nitrogens with one attached hydrogen (secondary N) is 1. The van der Waals surface area contributed by atoms with Crippen molar-refractivity contribution < 1.29 is 8.42 Å². The van der Waals surface area contributed by atoms with Crippen molar-refractivity contribution >= 4 is 37.6 Å². The number of nitrogens with zero attached hydrogens (tertiary/aromatic N) is 1. The molecule has 1 aromatic rings. The lowest BCUT2D eigenvalue weighted by molar-refractivity contribution is 0.211. The van der Waals surface area contributed by atoms with Crippen LogP contribution in [0.5, 0.6) is 0 Å². The molecule has 1 fully saturated rings. The molecule has 0 spiro atoms. The molecule has 2 rings (SSSR count). The first-order chi connectivity index (χ1) is 9.42. The van der Waals surface area contributed by atoms with Gasteiger partial charge < -0.3 is 4.90 Å². The molecule has 1 heterocycles. The highest BCUT2D eigenvalue weighted by atomic mass is 79.9. The van der Waals surface area contributed by atoms with Gasteiger partial charge in [0.05, 0.1) is 5.02 Å². The summed E-state index contributed by atoms with van der Waals surface area (Å²) in [5, 5.41) is 0.232. The van der Waals surface area contributed by atoms with Crippen LogP contribution in [0.2, 0.25) is 5.02 Å². The first-order valence-corrected chi connectivity index (χ1v) is 9.27. The van der Waals surface area contributed by atoms with Crippen molar-refractivity contribution in [1.82, 2.24) is 9.62 Å². The summed E-state index contributed by atoms with van der Waals surface area (Å²) in [6.07, 6.45) is 1.87. The maximum atomic E-state index is 12.4. The number of rotatable bonds is 4. The summed E-state index contributed by atoms with van der Waals surface area (Å²) in [5.74, 6) is 0. The van der Waals surface area contributed by atoms with Gasteiger partial charge in [-0.05, 0) is 44.1 Å². The maximum absolute atomic E-state index is 12.4. The Hall–Kier alpha value is -0.140. The van der Waals surface area contributed by atoms with Crippen LogP contribution in [0.25, 0.3) is 0 Å². The molecule has 112 valence electrons. The standard InChI is InChI=1S/C13H18BrClN2O2S/c1-2-17-7-3-4-11(9-17)16-20(18,19)13-6-5-10(14)8-12(13)15/h5-6,8,11,16H,2-4,7,9H2,1H3. The number of likely N-dealkylation sites (tertiary alicyclic amines) is 1. The number of likely N-dealkylation sites (N-methyl/N-ethyl adjacent to an activating group) is 1. The Kier molecular flexibility index (Phi) is 5.48. The smallest absolute Gasteiger partial charge is 0.242 e.